The number of non-ortho nitro benzene ring substituents is 1. The van der Waals surface area contributed by atoms with E-state index >= 15 is 0 Å². The van der Waals surface area contributed by atoms with Crippen molar-refractivity contribution >= 4 is 17.3 Å². The van der Waals surface area contributed by atoms with Crippen molar-refractivity contribution < 1.29 is 4.92 Å². The van der Waals surface area contributed by atoms with Gasteiger partial charge in [0.2, 0.25) is 0 Å². The average molecular weight is 268 g/mol. The van der Waals surface area contributed by atoms with Crippen LogP contribution < -0.4 is 0 Å². The molecule has 4 heteroatoms. The van der Waals surface area contributed by atoms with Crippen molar-refractivity contribution in [1.29, 1.82) is 0 Å². The van der Waals surface area contributed by atoms with Gasteiger partial charge in [-0.3, -0.25) is 10.1 Å². The molecule has 1 aromatic rings. The van der Waals surface area contributed by atoms with E-state index < -0.39 is 0 Å². The van der Waals surface area contributed by atoms with Crippen molar-refractivity contribution in [1.82, 2.24) is 0 Å². The van der Waals surface area contributed by atoms with Crippen LogP contribution in [0.5, 0.6) is 0 Å². The van der Waals surface area contributed by atoms with E-state index in [1.165, 1.54) is 6.42 Å². The van der Waals surface area contributed by atoms with Crippen molar-refractivity contribution in [2.75, 3.05) is 0 Å². The summed E-state index contributed by atoms with van der Waals surface area (Å²) in [7, 11) is 0. The maximum atomic E-state index is 10.6. The minimum atomic E-state index is -0.364. The molecule has 1 aliphatic carbocycles. The van der Waals surface area contributed by atoms with E-state index in [1.807, 2.05) is 12.1 Å². The SMILES string of the molecule is CC1CCC(Cl)C(Cc2ccc([N+](=O)[O-])cc2)C1. The summed E-state index contributed by atoms with van der Waals surface area (Å²) in [5, 5.41) is 10.8. The van der Waals surface area contributed by atoms with Crippen LogP contribution in [0.1, 0.15) is 31.7 Å². The molecule has 0 N–H and O–H groups in total. The van der Waals surface area contributed by atoms with Gasteiger partial charge in [-0.25, -0.2) is 0 Å². The summed E-state index contributed by atoms with van der Waals surface area (Å²) in [6.45, 7) is 2.27. The smallest absolute Gasteiger partial charge is 0.258 e. The third-order valence-corrected chi connectivity index (χ3v) is 4.37. The minimum Gasteiger partial charge on any atom is -0.258 e. The third-order valence-electron chi connectivity index (χ3n) is 3.80. The van der Waals surface area contributed by atoms with E-state index in [4.69, 9.17) is 11.6 Å². The fraction of sp³-hybridized carbons (Fsp3) is 0.571. The van der Waals surface area contributed by atoms with Crippen LogP contribution in [-0.4, -0.2) is 10.3 Å². The summed E-state index contributed by atoms with van der Waals surface area (Å²) in [4.78, 5) is 10.2. The van der Waals surface area contributed by atoms with E-state index in [-0.39, 0.29) is 16.0 Å². The monoisotopic (exact) mass is 267 g/mol. The highest BCUT2D eigenvalue weighted by molar-refractivity contribution is 6.20. The molecule has 0 heterocycles. The van der Waals surface area contributed by atoms with Gasteiger partial charge in [0.15, 0.2) is 0 Å². The molecule has 0 radical (unpaired) electrons. The van der Waals surface area contributed by atoms with E-state index in [9.17, 15) is 10.1 Å². The summed E-state index contributed by atoms with van der Waals surface area (Å²) in [6.07, 6.45) is 4.38. The fourth-order valence-electron chi connectivity index (χ4n) is 2.73. The topological polar surface area (TPSA) is 43.1 Å². The molecule has 3 unspecified atom stereocenters. The fourth-order valence-corrected chi connectivity index (χ4v) is 3.05. The first-order chi connectivity index (χ1) is 8.56. The lowest BCUT2D eigenvalue weighted by molar-refractivity contribution is -0.384. The zero-order valence-corrected chi connectivity index (χ0v) is 11.3. The van der Waals surface area contributed by atoms with Gasteiger partial charge < -0.3 is 0 Å². The molecular formula is C14H18ClNO2. The number of hydrogen-bond donors (Lipinski definition) is 0. The molecule has 0 spiro atoms. The molecule has 2 rings (SSSR count). The quantitative estimate of drug-likeness (QED) is 0.468. The molecule has 0 aliphatic heterocycles. The second-order valence-corrected chi connectivity index (χ2v) is 5.88. The molecular weight excluding hydrogens is 250 g/mol. The van der Waals surface area contributed by atoms with Gasteiger partial charge >= 0.3 is 0 Å². The predicted molar refractivity (Wildman–Crippen MR) is 72.9 cm³/mol. The van der Waals surface area contributed by atoms with Crippen molar-refractivity contribution in [2.45, 2.75) is 38.0 Å². The summed E-state index contributed by atoms with van der Waals surface area (Å²) >= 11 is 6.37. The molecule has 0 bridgehead atoms. The lowest BCUT2D eigenvalue weighted by Crippen LogP contribution is -2.25. The first-order valence-electron chi connectivity index (χ1n) is 6.43. The molecule has 3 nitrogen and oxygen atoms in total. The first kappa shape index (κ1) is 13.3. The summed E-state index contributed by atoms with van der Waals surface area (Å²) in [6, 6.07) is 6.84. The second kappa shape index (κ2) is 5.70. The number of halogens is 1. The van der Waals surface area contributed by atoms with Gasteiger partial charge in [0.05, 0.1) is 4.92 Å². The number of nitro groups is 1. The molecule has 1 aromatic carbocycles. The maximum absolute atomic E-state index is 10.6. The molecule has 18 heavy (non-hydrogen) atoms. The van der Waals surface area contributed by atoms with Gasteiger partial charge in [-0.1, -0.05) is 19.1 Å². The number of nitro benzene ring substituents is 1. The largest absolute Gasteiger partial charge is 0.269 e. The maximum Gasteiger partial charge on any atom is 0.269 e. The lowest BCUT2D eigenvalue weighted by Gasteiger charge is -2.31. The van der Waals surface area contributed by atoms with Crippen LogP contribution in [0, 0.1) is 22.0 Å². The first-order valence-corrected chi connectivity index (χ1v) is 6.87. The van der Waals surface area contributed by atoms with Gasteiger partial charge in [-0.2, -0.15) is 0 Å². The zero-order valence-electron chi connectivity index (χ0n) is 10.5. The lowest BCUT2D eigenvalue weighted by atomic mass is 9.79. The number of rotatable bonds is 3. The normalized spacial score (nSPS) is 28.0. The summed E-state index contributed by atoms with van der Waals surface area (Å²) in [5.41, 5.74) is 1.29. The highest BCUT2D eigenvalue weighted by atomic mass is 35.5. The van der Waals surface area contributed by atoms with Gasteiger partial charge in [-0.05, 0) is 43.1 Å². The van der Waals surface area contributed by atoms with Gasteiger partial charge in [0.25, 0.3) is 5.69 Å². The number of hydrogen-bond acceptors (Lipinski definition) is 2. The average Bonchev–Trinajstić information content (AvgIpc) is 2.34. The highest BCUT2D eigenvalue weighted by Gasteiger charge is 2.27. The van der Waals surface area contributed by atoms with Crippen molar-refractivity contribution in [3.63, 3.8) is 0 Å². The number of benzene rings is 1. The molecule has 0 aromatic heterocycles. The predicted octanol–water partition coefficient (Wildman–Crippen LogP) is 4.18. The van der Waals surface area contributed by atoms with Crippen LogP contribution in [0.15, 0.2) is 24.3 Å². The van der Waals surface area contributed by atoms with Gasteiger partial charge in [-0.15, -0.1) is 11.6 Å². The Balaban J connectivity index is 2.02. The Morgan fingerprint density at radius 3 is 2.61 bits per heavy atom. The zero-order chi connectivity index (χ0) is 13.1. The highest BCUT2D eigenvalue weighted by Crippen LogP contribution is 2.34. The minimum absolute atomic E-state index is 0.151. The van der Waals surface area contributed by atoms with E-state index in [0.29, 0.717) is 5.92 Å². The van der Waals surface area contributed by atoms with E-state index in [1.54, 1.807) is 12.1 Å². The molecule has 1 fully saturated rings. The molecule has 98 valence electrons. The van der Waals surface area contributed by atoms with Crippen LogP contribution in [0.3, 0.4) is 0 Å². The standard InChI is InChI=1S/C14H18ClNO2/c1-10-2-7-14(15)12(8-10)9-11-3-5-13(6-4-11)16(17)18/h3-6,10,12,14H,2,7-9H2,1H3. The molecule has 0 saturated heterocycles. The third kappa shape index (κ3) is 3.22. The Morgan fingerprint density at radius 1 is 1.33 bits per heavy atom. The number of alkyl halides is 1. The molecule has 1 aliphatic rings. The second-order valence-electron chi connectivity index (χ2n) is 5.32. The van der Waals surface area contributed by atoms with Crippen LogP contribution in [0.2, 0.25) is 0 Å². The van der Waals surface area contributed by atoms with Crippen molar-refractivity contribution in [2.24, 2.45) is 11.8 Å². The van der Waals surface area contributed by atoms with Crippen LogP contribution in [-0.2, 0) is 6.42 Å². The van der Waals surface area contributed by atoms with E-state index in [0.717, 1.165) is 30.7 Å². The Labute approximate surface area is 112 Å². The van der Waals surface area contributed by atoms with Crippen LogP contribution in [0.25, 0.3) is 0 Å². The molecule has 1 saturated carbocycles. The van der Waals surface area contributed by atoms with Crippen LogP contribution >= 0.6 is 11.6 Å². The molecule has 0 amide bonds. The Morgan fingerprint density at radius 2 is 2.00 bits per heavy atom. The van der Waals surface area contributed by atoms with E-state index in [2.05, 4.69) is 6.92 Å². The van der Waals surface area contributed by atoms with Gasteiger partial charge in [0.1, 0.15) is 0 Å². The summed E-state index contributed by atoms with van der Waals surface area (Å²) < 4.78 is 0. The Hall–Kier alpha value is -1.09. The van der Waals surface area contributed by atoms with Crippen molar-refractivity contribution in [3.8, 4) is 0 Å². The van der Waals surface area contributed by atoms with Gasteiger partial charge in [0, 0.05) is 17.5 Å². The molecule has 3 atom stereocenters. The Bertz CT molecular complexity index is 418. The van der Waals surface area contributed by atoms with Crippen LogP contribution in [0.4, 0.5) is 5.69 Å². The van der Waals surface area contributed by atoms with Crippen molar-refractivity contribution in [3.05, 3.63) is 39.9 Å². The number of nitrogens with zero attached hydrogens (tertiary/aromatic N) is 1. The summed E-state index contributed by atoms with van der Waals surface area (Å²) in [5.74, 6) is 1.24. The Kier molecular flexibility index (Phi) is 4.23.